The van der Waals surface area contributed by atoms with E-state index in [4.69, 9.17) is 0 Å². The van der Waals surface area contributed by atoms with Gasteiger partial charge in [-0.25, -0.2) is 0 Å². The lowest BCUT2D eigenvalue weighted by Gasteiger charge is -2.16. The van der Waals surface area contributed by atoms with E-state index in [1.807, 2.05) is 0 Å². The summed E-state index contributed by atoms with van der Waals surface area (Å²) in [5.74, 6) is 0. The highest BCUT2D eigenvalue weighted by molar-refractivity contribution is 6.15. The molecule has 0 saturated heterocycles. The van der Waals surface area contributed by atoms with Gasteiger partial charge >= 0.3 is 0 Å². The van der Waals surface area contributed by atoms with Gasteiger partial charge in [0.2, 0.25) is 0 Å². The largest absolute Gasteiger partial charge is 0.0795 e. The molecule has 0 amide bonds. The van der Waals surface area contributed by atoms with E-state index < -0.39 is 0 Å². The van der Waals surface area contributed by atoms with Crippen LogP contribution < -0.4 is 5.22 Å². The second-order valence-corrected chi connectivity index (χ2v) is 5.41. The molecule has 2 aliphatic rings. The molecule has 0 atom stereocenters. The summed E-state index contributed by atoms with van der Waals surface area (Å²) in [6, 6.07) is 11.4. The van der Waals surface area contributed by atoms with Crippen molar-refractivity contribution in [1.29, 1.82) is 0 Å². The van der Waals surface area contributed by atoms with Crippen LogP contribution in [-0.2, 0) is 6.42 Å². The molecule has 0 heteroatoms. The van der Waals surface area contributed by atoms with E-state index in [2.05, 4.69) is 60.7 Å². The van der Waals surface area contributed by atoms with Crippen LogP contribution in [0, 0.1) is 0 Å². The minimum absolute atomic E-state index is 1.06. The van der Waals surface area contributed by atoms with Gasteiger partial charge in [-0.2, -0.15) is 0 Å². The molecule has 0 heterocycles. The van der Waals surface area contributed by atoms with E-state index in [1.165, 1.54) is 43.5 Å². The smallest absolute Gasteiger partial charge is 0.00235 e. The van der Waals surface area contributed by atoms with Gasteiger partial charge in [0.15, 0.2) is 0 Å². The molecular weight excluding hydrogens is 228 g/mol. The van der Waals surface area contributed by atoms with Gasteiger partial charge < -0.3 is 0 Å². The second kappa shape index (κ2) is 3.16. The van der Waals surface area contributed by atoms with Crippen molar-refractivity contribution in [2.75, 3.05) is 0 Å². The summed E-state index contributed by atoms with van der Waals surface area (Å²) in [6.45, 7) is 0. The lowest BCUT2D eigenvalue weighted by molar-refractivity contribution is 1.30. The fourth-order valence-electron chi connectivity index (χ4n) is 3.56. The molecule has 3 aromatic rings. The van der Waals surface area contributed by atoms with E-state index in [9.17, 15) is 0 Å². The minimum atomic E-state index is 1.06. The first-order valence-electron chi connectivity index (χ1n) is 6.78. The highest BCUT2D eigenvalue weighted by Crippen LogP contribution is 2.35. The monoisotopic (exact) mass is 240 g/mol. The van der Waals surface area contributed by atoms with E-state index in [-0.39, 0.29) is 0 Å². The van der Waals surface area contributed by atoms with Crippen LogP contribution in [0.3, 0.4) is 0 Å². The molecule has 0 radical (unpaired) electrons. The third-order valence-corrected chi connectivity index (χ3v) is 4.40. The normalized spacial score (nSPS) is 15.2. The molecular formula is C19H12. The van der Waals surface area contributed by atoms with Crippen molar-refractivity contribution in [2.45, 2.75) is 6.42 Å². The SMILES string of the molecule is C1=Cc2cc3ccc4c5c(ccc(c2=C1)c35)CC=C4. The maximum absolute atomic E-state index is 2.32. The first-order chi connectivity index (χ1) is 9.42. The van der Waals surface area contributed by atoms with Crippen molar-refractivity contribution >= 4 is 39.8 Å². The fraction of sp³-hybridized carbons (Fsp3) is 0.0526. The van der Waals surface area contributed by atoms with Crippen molar-refractivity contribution in [1.82, 2.24) is 0 Å². The molecule has 0 spiro atoms. The van der Waals surface area contributed by atoms with Crippen LogP contribution >= 0.6 is 0 Å². The Morgan fingerprint density at radius 2 is 1.84 bits per heavy atom. The van der Waals surface area contributed by atoms with Gasteiger partial charge in [0.25, 0.3) is 0 Å². The van der Waals surface area contributed by atoms with E-state index in [0.717, 1.165) is 6.42 Å². The minimum Gasteiger partial charge on any atom is -0.0795 e. The summed E-state index contributed by atoms with van der Waals surface area (Å²) < 4.78 is 0. The number of allylic oxidation sites excluding steroid dienone is 2. The van der Waals surface area contributed by atoms with Crippen LogP contribution in [0.1, 0.15) is 16.7 Å². The average molecular weight is 240 g/mol. The van der Waals surface area contributed by atoms with Crippen LogP contribution in [0.2, 0.25) is 0 Å². The first-order valence-corrected chi connectivity index (χ1v) is 6.78. The van der Waals surface area contributed by atoms with Gasteiger partial charge in [-0.15, -0.1) is 0 Å². The van der Waals surface area contributed by atoms with Gasteiger partial charge in [-0.1, -0.05) is 54.6 Å². The molecule has 5 rings (SSSR count). The zero-order chi connectivity index (χ0) is 12.4. The van der Waals surface area contributed by atoms with E-state index in [1.54, 1.807) is 0 Å². The van der Waals surface area contributed by atoms with Crippen molar-refractivity contribution in [2.24, 2.45) is 0 Å². The zero-order valence-corrected chi connectivity index (χ0v) is 10.5. The quantitative estimate of drug-likeness (QED) is 0.555. The van der Waals surface area contributed by atoms with Crippen molar-refractivity contribution < 1.29 is 0 Å². The summed E-state index contributed by atoms with van der Waals surface area (Å²) in [7, 11) is 0. The molecule has 2 aliphatic carbocycles. The molecule has 3 aromatic carbocycles. The van der Waals surface area contributed by atoms with E-state index >= 15 is 0 Å². The summed E-state index contributed by atoms with van der Waals surface area (Å²) in [6.07, 6.45) is 12.2. The fourth-order valence-corrected chi connectivity index (χ4v) is 3.56. The third-order valence-electron chi connectivity index (χ3n) is 4.40. The molecule has 0 unspecified atom stereocenters. The molecule has 0 saturated carbocycles. The van der Waals surface area contributed by atoms with Gasteiger partial charge in [0, 0.05) is 0 Å². The lowest BCUT2D eigenvalue weighted by Crippen LogP contribution is -2.06. The molecule has 0 fully saturated rings. The van der Waals surface area contributed by atoms with Gasteiger partial charge in [0.05, 0.1) is 0 Å². The number of hydrogen-bond acceptors (Lipinski definition) is 0. The predicted molar refractivity (Wildman–Crippen MR) is 82.9 cm³/mol. The topological polar surface area (TPSA) is 0 Å². The number of hydrogen-bond donors (Lipinski definition) is 0. The summed E-state index contributed by atoms with van der Waals surface area (Å²) in [4.78, 5) is 0. The Labute approximate surface area is 111 Å². The summed E-state index contributed by atoms with van der Waals surface area (Å²) in [5, 5.41) is 7.04. The highest BCUT2D eigenvalue weighted by Gasteiger charge is 2.14. The Bertz CT molecular complexity index is 969. The molecule has 19 heavy (non-hydrogen) atoms. The molecule has 0 aliphatic heterocycles. The number of fused-ring (bicyclic) bond motifs is 2. The lowest BCUT2D eigenvalue weighted by atomic mass is 9.87. The van der Waals surface area contributed by atoms with Crippen LogP contribution in [-0.4, -0.2) is 0 Å². The first kappa shape index (κ1) is 9.57. The standard InChI is InChI=1S/C19H12/c1-3-12-7-8-15-11-14-5-2-6-16(14)17-10-9-13(4-1)18(12)19(15)17/h1-3,5-11H,4H2. The Morgan fingerprint density at radius 1 is 0.842 bits per heavy atom. The maximum Gasteiger partial charge on any atom is -0.00235 e. The molecule has 88 valence electrons. The van der Waals surface area contributed by atoms with Gasteiger partial charge in [-0.3, -0.25) is 0 Å². The average Bonchev–Trinajstić information content (AvgIpc) is 2.92. The Balaban J connectivity index is 2.17. The number of benzene rings is 3. The summed E-state index contributed by atoms with van der Waals surface area (Å²) in [5.41, 5.74) is 4.17. The third kappa shape index (κ3) is 1.09. The van der Waals surface area contributed by atoms with Crippen LogP contribution in [0.5, 0.6) is 0 Å². The highest BCUT2D eigenvalue weighted by atomic mass is 14.2. The van der Waals surface area contributed by atoms with Crippen LogP contribution in [0.4, 0.5) is 0 Å². The summed E-state index contributed by atoms with van der Waals surface area (Å²) >= 11 is 0. The molecule has 0 nitrogen and oxygen atoms in total. The van der Waals surface area contributed by atoms with Crippen LogP contribution in [0.15, 0.2) is 42.5 Å². The van der Waals surface area contributed by atoms with Crippen molar-refractivity contribution in [3.8, 4) is 0 Å². The van der Waals surface area contributed by atoms with Crippen LogP contribution in [0.25, 0.3) is 39.8 Å². The predicted octanol–water partition coefficient (Wildman–Crippen LogP) is 4.09. The Kier molecular flexibility index (Phi) is 1.59. The Hall–Kier alpha value is -2.34. The molecule has 0 bridgehead atoms. The number of rotatable bonds is 0. The van der Waals surface area contributed by atoms with E-state index in [0.29, 0.717) is 0 Å². The molecule has 0 aromatic heterocycles. The second-order valence-electron chi connectivity index (χ2n) is 5.41. The zero-order valence-electron chi connectivity index (χ0n) is 10.5. The van der Waals surface area contributed by atoms with Crippen molar-refractivity contribution in [3.05, 3.63) is 64.4 Å². The van der Waals surface area contributed by atoms with Gasteiger partial charge in [0.1, 0.15) is 0 Å². The molecule has 0 N–H and O–H groups in total. The maximum atomic E-state index is 2.32. The Morgan fingerprint density at radius 3 is 2.84 bits per heavy atom. The van der Waals surface area contributed by atoms with Gasteiger partial charge in [-0.05, 0) is 55.9 Å². The van der Waals surface area contributed by atoms with Crippen molar-refractivity contribution in [3.63, 3.8) is 0 Å².